The molecule has 2 heterocycles. The Balaban J connectivity index is 0.00000108. The van der Waals surface area contributed by atoms with E-state index in [4.69, 9.17) is 35.7 Å². The number of thiazole rings is 1. The van der Waals surface area contributed by atoms with E-state index in [2.05, 4.69) is 4.99 Å². The largest absolute Gasteiger partial charge is 0.481 e. The van der Waals surface area contributed by atoms with Crippen molar-refractivity contribution in [1.82, 2.24) is 4.57 Å². The molecule has 3 aromatic rings. The van der Waals surface area contributed by atoms with Gasteiger partial charge in [0.05, 0.1) is 29.0 Å². The van der Waals surface area contributed by atoms with Gasteiger partial charge in [-0.2, -0.15) is 0 Å². The third-order valence-corrected chi connectivity index (χ3v) is 6.63. The molecule has 214 valence electrons. The first-order valence-corrected chi connectivity index (χ1v) is 13.1. The molecule has 4 rings (SSSR count). The molecule has 2 aromatic carbocycles. The summed E-state index contributed by atoms with van der Waals surface area (Å²) in [7, 11) is 1.27. The lowest BCUT2D eigenvalue weighted by atomic mass is 9.96. The van der Waals surface area contributed by atoms with Crippen molar-refractivity contribution in [3.63, 3.8) is 0 Å². The van der Waals surface area contributed by atoms with Crippen molar-refractivity contribution in [3.05, 3.63) is 89.6 Å². The zero-order valence-electron chi connectivity index (χ0n) is 22.6. The van der Waals surface area contributed by atoms with Crippen LogP contribution < -0.4 is 24.4 Å². The third kappa shape index (κ3) is 7.56. The molecule has 0 spiro atoms. The predicted octanol–water partition coefficient (Wildman–Crippen LogP) is 3.00. The second-order valence-corrected chi connectivity index (χ2v) is 9.98. The Kier molecular flexibility index (Phi) is 9.98. The number of hydrogen-bond acceptors (Lipinski definition) is 10. The average Bonchev–Trinajstić information content (AvgIpc) is 3.18. The first-order valence-electron chi connectivity index (χ1n) is 11.9. The van der Waals surface area contributed by atoms with Gasteiger partial charge in [-0.1, -0.05) is 35.1 Å². The van der Waals surface area contributed by atoms with E-state index in [1.807, 2.05) is 0 Å². The summed E-state index contributed by atoms with van der Waals surface area (Å²) in [5.41, 5.74) is 1.30. The fourth-order valence-electron chi connectivity index (χ4n) is 3.90. The Morgan fingerprint density at radius 3 is 2.20 bits per heavy atom. The van der Waals surface area contributed by atoms with Gasteiger partial charge in [0.15, 0.2) is 4.80 Å². The number of fused-ring (bicyclic) bond motifs is 1. The predicted molar refractivity (Wildman–Crippen MR) is 150 cm³/mol. The molecule has 13 heteroatoms. The summed E-state index contributed by atoms with van der Waals surface area (Å²) in [6.07, 6.45) is 1.55. The first kappa shape index (κ1) is 31.0. The summed E-state index contributed by atoms with van der Waals surface area (Å²) in [5.74, 6) is -2.26. The molecule has 1 aromatic heterocycles. The number of methoxy groups -OCH3 is 1. The Bertz CT molecular complexity index is 1730. The summed E-state index contributed by atoms with van der Waals surface area (Å²) in [6, 6.07) is 10.5. The zero-order valence-corrected chi connectivity index (χ0v) is 24.2. The molecule has 0 bridgehead atoms. The van der Waals surface area contributed by atoms with Crippen LogP contribution in [0.1, 0.15) is 44.9 Å². The molecule has 1 N–H and O–H groups in total. The topological polar surface area (TPSA) is 151 Å². The van der Waals surface area contributed by atoms with E-state index in [-0.39, 0.29) is 21.6 Å². The molecule has 0 radical (unpaired) electrons. The number of halogens is 1. The number of carbonyl (C=O) groups is 4. The molecular weight excluding hydrogens is 576 g/mol. The number of ether oxygens (including phenoxy) is 3. The number of esters is 3. The van der Waals surface area contributed by atoms with E-state index in [1.54, 1.807) is 43.3 Å². The Hall–Kier alpha value is -4.55. The van der Waals surface area contributed by atoms with Crippen LogP contribution in [-0.4, -0.2) is 40.7 Å². The maximum atomic E-state index is 13.7. The zero-order chi connectivity index (χ0) is 30.4. The minimum Gasteiger partial charge on any atom is -0.481 e. The molecule has 41 heavy (non-hydrogen) atoms. The molecule has 0 aliphatic carbocycles. The van der Waals surface area contributed by atoms with Gasteiger partial charge in [0.25, 0.3) is 11.5 Å². The molecule has 0 amide bonds. The fourth-order valence-corrected chi connectivity index (χ4v) is 5.06. The second-order valence-electron chi connectivity index (χ2n) is 8.53. The summed E-state index contributed by atoms with van der Waals surface area (Å²) >= 11 is 7.18. The van der Waals surface area contributed by atoms with Crippen LogP contribution in [0.5, 0.6) is 11.5 Å². The highest BCUT2D eigenvalue weighted by atomic mass is 35.5. The lowest BCUT2D eigenvalue weighted by Crippen LogP contribution is -2.39. The van der Waals surface area contributed by atoms with Gasteiger partial charge in [0.1, 0.15) is 11.5 Å². The van der Waals surface area contributed by atoms with Crippen LogP contribution in [0.2, 0.25) is 5.02 Å². The second kappa shape index (κ2) is 13.2. The highest BCUT2D eigenvalue weighted by molar-refractivity contribution is 7.07. The number of carboxylic acids is 1. The Morgan fingerprint density at radius 2 is 1.63 bits per heavy atom. The van der Waals surface area contributed by atoms with Crippen molar-refractivity contribution in [2.45, 2.75) is 33.7 Å². The van der Waals surface area contributed by atoms with Crippen LogP contribution in [0.15, 0.2) is 63.5 Å². The van der Waals surface area contributed by atoms with Crippen molar-refractivity contribution in [2.24, 2.45) is 4.99 Å². The van der Waals surface area contributed by atoms with E-state index in [1.165, 1.54) is 37.7 Å². The molecule has 0 saturated heterocycles. The maximum absolute atomic E-state index is 13.7. The number of carbonyl (C=O) groups excluding carboxylic acids is 3. The average molecular weight is 601 g/mol. The number of carboxylic acid groups (broad SMARTS) is 1. The van der Waals surface area contributed by atoms with Crippen molar-refractivity contribution < 1.29 is 38.5 Å². The number of hydrogen-bond donors (Lipinski definition) is 1. The van der Waals surface area contributed by atoms with Gasteiger partial charge in [-0.3, -0.25) is 23.7 Å². The van der Waals surface area contributed by atoms with E-state index in [9.17, 15) is 19.2 Å². The SMILES string of the molecule is CC(=O)O.COC(=O)C1=C(C)N=c2s/c(=C/c3ccc(OC(C)=O)cc3OC(C)=O)c(=O)n2C1c1ccc(Cl)cc1. The van der Waals surface area contributed by atoms with Crippen LogP contribution >= 0.6 is 22.9 Å². The molecule has 11 nitrogen and oxygen atoms in total. The third-order valence-electron chi connectivity index (χ3n) is 5.40. The number of nitrogens with zero attached hydrogens (tertiary/aromatic N) is 2. The smallest absolute Gasteiger partial charge is 0.338 e. The van der Waals surface area contributed by atoms with Crippen LogP contribution in [0.3, 0.4) is 0 Å². The molecule has 0 fully saturated rings. The monoisotopic (exact) mass is 600 g/mol. The summed E-state index contributed by atoms with van der Waals surface area (Å²) in [5, 5.41) is 7.92. The van der Waals surface area contributed by atoms with Gasteiger partial charge in [0.2, 0.25) is 0 Å². The van der Waals surface area contributed by atoms with Crippen LogP contribution in [-0.2, 0) is 23.9 Å². The van der Waals surface area contributed by atoms with E-state index < -0.39 is 35.5 Å². The lowest BCUT2D eigenvalue weighted by Gasteiger charge is -2.24. The number of rotatable bonds is 5. The van der Waals surface area contributed by atoms with Gasteiger partial charge >= 0.3 is 17.9 Å². The minimum atomic E-state index is -0.833. The number of benzene rings is 2. The maximum Gasteiger partial charge on any atom is 0.338 e. The lowest BCUT2D eigenvalue weighted by molar-refractivity contribution is -0.137. The number of aromatic nitrogens is 1. The summed E-state index contributed by atoms with van der Waals surface area (Å²) in [4.78, 5) is 63.3. The molecule has 1 atom stereocenters. The van der Waals surface area contributed by atoms with Crippen molar-refractivity contribution in [1.29, 1.82) is 0 Å². The molecular formula is C28H25ClN2O9S. The summed E-state index contributed by atoms with van der Waals surface area (Å²) < 4.78 is 17.1. The van der Waals surface area contributed by atoms with Crippen LogP contribution in [0, 0.1) is 0 Å². The highest BCUT2D eigenvalue weighted by Gasteiger charge is 2.33. The quantitative estimate of drug-likeness (QED) is 0.344. The van der Waals surface area contributed by atoms with Crippen molar-refractivity contribution in [3.8, 4) is 11.5 Å². The van der Waals surface area contributed by atoms with E-state index in [0.717, 1.165) is 18.3 Å². The van der Waals surface area contributed by atoms with Crippen LogP contribution in [0.4, 0.5) is 0 Å². The van der Waals surface area contributed by atoms with Gasteiger partial charge in [-0.15, -0.1) is 0 Å². The van der Waals surface area contributed by atoms with Crippen LogP contribution in [0.25, 0.3) is 6.08 Å². The van der Waals surface area contributed by atoms with Crippen molar-refractivity contribution in [2.75, 3.05) is 7.11 Å². The van der Waals surface area contributed by atoms with Gasteiger partial charge in [0, 0.05) is 37.4 Å². The van der Waals surface area contributed by atoms with E-state index >= 15 is 0 Å². The standard InChI is InChI=1S/C26H21ClN2O7S.C2H4O2/c1-13-22(25(33)34-4)23(16-5-8-18(27)9-6-16)29-24(32)21(37-26(29)28-13)11-17-7-10-19(35-14(2)30)12-20(17)36-15(3)31;1-2(3)4/h5-12,23H,1-4H3;1H3,(H,3,4)/b21-11+;. The Labute approximate surface area is 242 Å². The summed E-state index contributed by atoms with van der Waals surface area (Å²) in [6.45, 7) is 5.25. The minimum absolute atomic E-state index is 0.109. The normalized spacial score (nSPS) is 14.2. The Morgan fingerprint density at radius 1 is 1.02 bits per heavy atom. The van der Waals surface area contributed by atoms with Gasteiger partial charge in [-0.05, 0) is 42.8 Å². The van der Waals surface area contributed by atoms with Gasteiger partial charge in [-0.25, -0.2) is 9.79 Å². The molecule has 1 aliphatic heterocycles. The van der Waals surface area contributed by atoms with Gasteiger partial charge < -0.3 is 19.3 Å². The van der Waals surface area contributed by atoms with E-state index in [0.29, 0.717) is 26.6 Å². The van der Waals surface area contributed by atoms with Crippen molar-refractivity contribution >= 4 is 52.9 Å². The fraction of sp³-hybridized carbons (Fsp3) is 0.214. The number of aliphatic carboxylic acids is 1. The molecule has 0 saturated carbocycles. The molecule has 1 aliphatic rings. The first-order chi connectivity index (χ1) is 19.3. The number of allylic oxidation sites excluding steroid dienone is 1. The molecule has 1 unspecified atom stereocenters. The highest BCUT2D eigenvalue weighted by Crippen LogP contribution is 2.31.